The maximum atomic E-state index is 6.78. The molecule has 0 fully saturated rings. The van der Waals surface area contributed by atoms with E-state index < -0.39 is 0 Å². The Morgan fingerprint density at radius 2 is 1.40 bits per heavy atom. The van der Waals surface area contributed by atoms with Gasteiger partial charge in [-0.25, -0.2) is 0 Å². The first-order chi connectivity index (χ1) is 9.70. The van der Waals surface area contributed by atoms with E-state index in [-0.39, 0.29) is 5.54 Å². The molecule has 0 aliphatic rings. The number of rotatable bonds is 6. The van der Waals surface area contributed by atoms with Gasteiger partial charge in [-0.1, -0.05) is 81.3 Å². The van der Waals surface area contributed by atoms with Crippen molar-refractivity contribution in [1.82, 2.24) is 0 Å². The summed E-state index contributed by atoms with van der Waals surface area (Å²) in [7, 11) is 0. The molecule has 2 aromatic carbocycles. The second kappa shape index (κ2) is 6.71. The molecule has 0 aliphatic heterocycles. The molecule has 0 saturated heterocycles. The Morgan fingerprint density at radius 1 is 0.800 bits per heavy atom. The second-order valence-corrected chi connectivity index (χ2v) is 5.53. The molecule has 0 aliphatic carbocycles. The monoisotopic (exact) mass is 267 g/mol. The van der Waals surface area contributed by atoms with Crippen LogP contribution in [0.3, 0.4) is 0 Å². The molecule has 0 amide bonds. The van der Waals surface area contributed by atoms with Crippen LogP contribution in [0.5, 0.6) is 0 Å². The molecule has 1 atom stereocenters. The first-order valence-electron chi connectivity index (χ1n) is 7.64. The molecule has 0 spiro atoms. The van der Waals surface area contributed by atoms with Crippen LogP contribution in [-0.4, -0.2) is 0 Å². The molecule has 0 aromatic heterocycles. The van der Waals surface area contributed by atoms with Crippen molar-refractivity contribution in [2.45, 2.75) is 45.1 Å². The molecule has 2 aromatic rings. The molecule has 2 rings (SSSR count). The van der Waals surface area contributed by atoms with Gasteiger partial charge in [0.1, 0.15) is 0 Å². The third-order valence-electron chi connectivity index (χ3n) is 3.94. The largest absolute Gasteiger partial charge is 0.318 e. The standard InChI is InChI=1S/C19H25N/c1-3-8-16-11-13-18(14-12-16)19(20,15-4-2)17-9-6-5-7-10-17/h5-7,9-14H,3-4,8,15,20H2,1-2H3. The quantitative estimate of drug-likeness (QED) is 0.810. The fourth-order valence-electron chi connectivity index (χ4n) is 2.84. The van der Waals surface area contributed by atoms with Crippen molar-refractivity contribution in [3.63, 3.8) is 0 Å². The molecule has 2 N–H and O–H groups in total. The highest BCUT2D eigenvalue weighted by atomic mass is 14.7. The van der Waals surface area contributed by atoms with Gasteiger partial charge in [-0.3, -0.25) is 0 Å². The lowest BCUT2D eigenvalue weighted by Crippen LogP contribution is -2.37. The summed E-state index contributed by atoms with van der Waals surface area (Å²) in [5.41, 5.74) is 10.2. The van der Waals surface area contributed by atoms with Crippen LogP contribution in [0.25, 0.3) is 0 Å². The molecule has 0 saturated carbocycles. The maximum Gasteiger partial charge on any atom is 0.0665 e. The summed E-state index contributed by atoms with van der Waals surface area (Å²) in [4.78, 5) is 0. The van der Waals surface area contributed by atoms with Gasteiger partial charge in [0.2, 0.25) is 0 Å². The SMILES string of the molecule is CCCc1ccc(C(N)(CCC)c2ccccc2)cc1. The number of benzene rings is 2. The number of hydrogen-bond acceptors (Lipinski definition) is 1. The molecular formula is C19H25N. The number of hydrogen-bond donors (Lipinski definition) is 1. The second-order valence-electron chi connectivity index (χ2n) is 5.53. The van der Waals surface area contributed by atoms with Crippen LogP contribution >= 0.6 is 0 Å². The maximum absolute atomic E-state index is 6.78. The Hall–Kier alpha value is -1.60. The molecule has 106 valence electrons. The van der Waals surface area contributed by atoms with Crippen LogP contribution in [0.15, 0.2) is 54.6 Å². The summed E-state index contributed by atoms with van der Waals surface area (Å²) in [6.07, 6.45) is 4.35. The van der Waals surface area contributed by atoms with Gasteiger partial charge >= 0.3 is 0 Å². The molecule has 0 radical (unpaired) electrons. The van der Waals surface area contributed by atoms with Crippen LogP contribution in [0.1, 0.15) is 49.8 Å². The van der Waals surface area contributed by atoms with Crippen molar-refractivity contribution in [1.29, 1.82) is 0 Å². The Balaban J connectivity index is 2.37. The highest BCUT2D eigenvalue weighted by molar-refractivity contribution is 5.39. The van der Waals surface area contributed by atoms with Gasteiger partial charge in [0.15, 0.2) is 0 Å². The topological polar surface area (TPSA) is 26.0 Å². The van der Waals surface area contributed by atoms with Crippen molar-refractivity contribution < 1.29 is 0 Å². The van der Waals surface area contributed by atoms with Crippen LogP contribution in [0.2, 0.25) is 0 Å². The summed E-state index contributed by atoms with van der Waals surface area (Å²) in [5.74, 6) is 0. The van der Waals surface area contributed by atoms with E-state index in [1.54, 1.807) is 0 Å². The van der Waals surface area contributed by atoms with E-state index in [1.165, 1.54) is 23.1 Å². The predicted molar refractivity (Wildman–Crippen MR) is 86.8 cm³/mol. The van der Waals surface area contributed by atoms with Gasteiger partial charge in [-0.15, -0.1) is 0 Å². The molecule has 1 heteroatoms. The van der Waals surface area contributed by atoms with E-state index in [4.69, 9.17) is 5.73 Å². The molecule has 20 heavy (non-hydrogen) atoms. The molecule has 0 bridgehead atoms. The zero-order chi connectivity index (χ0) is 14.4. The van der Waals surface area contributed by atoms with Crippen molar-refractivity contribution >= 4 is 0 Å². The average molecular weight is 267 g/mol. The summed E-state index contributed by atoms with van der Waals surface area (Å²) >= 11 is 0. The van der Waals surface area contributed by atoms with E-state index in [2.05, 4.69) is 62.4 Å². The summed E-state index contributed by atoms with van der Waals surface area (Å²) < 4.78 is 0. The van der Waals surface area contributed by atoms with Crippen molar-refractivity contribution in [3.05, 3.63) is 71.3 Å². The van der Waals surface area contributed by atoms with Crippen molar-refractivity contribution in [2.24, 2.45) is 5.73 Å². The number of nitrogens with two attached hydrogens (primary N) is 1. The van der Waals surface area contributed by atoms with E-state index in [0.29, 0.717) is 0 Å². The Morgan fingerprint density at radius 3 is 1.95 bits per heavy atom. The van der Waals surface area contributed by atoms with Crippen LogP contribution in [-0.2, 0) is 12.0 Å². The van der Waals surface area contributed by atoms with E-state index >= 15 is 0 Å². The third kappa shape index (κ3) is 3.10. The van der Waals surface area contributed by atoms with E-state index in [1.807, 2.05) is 6.07 Å². The lowest BCUT2D eigenvalue weighted by molar-refractivity contribution is 0.485. The summed E-state index contributed by atoms with van der Waals surface area (Å²) in [5, 5.41) is 0. The van der Waals surface area contributed by atoms with Gasteiger partial charge in [0, 0.05) is 0 Å². The predicted octanol–water partition coefficient (Wildman–Crippen LogP) is 4.64. The van der Waals surface area contributed by atoms with Crippen molar-refractivity contribution in [2.75, 3.05) is 0 Å². The highest BCUT2D eigenvalue weighted by Gasteiger charge is 2.28. The third-order valence-corrected chi connectivity index (χ3v) is 3.94. The molecule has 0 heterocycles. The zero-order valence-corrected chi connectivity index (χ0v) is 12.6. The highest BCUT2D eigenvalue weighted by Crippen LogP contribution is 2.31. The lowest BCUT2D eigenvalue weighted by Gasteiger charge is -2.31. The minimum Gasteiger partial charge on any atom is -0.318 e. The minimum atomic E-state index is -0.374. The molecule has 1 nitrogen and oxygen atoms in total. The Kier molecular flexibility index (Phi) is 4.97. The fraction of sp³-hybridized carbons (Fsp3) is 0.368. The smallest absolute Gasteiger partial charge is 0.0665 e. The first kappa shape index (κ1) is 14.8. The van der Waals surface area contributed by atoms with Crippen LogP contribution in [0, 0.1) is 0 Å². The Labute approximate surface area is 122 Å². The lowest BCUT2D eigenvalue weighted by atomic mass is 9.80. The van der Waals surface area contributed by atoms with Gasteiger partial charge in [-0.05, 0) is 29.5 Å². The van der Waals surface area contributed by atoms with Crippen LogP contribution < -0.4 is 5.73 Å². The minimum absolute atomic E-state index is 0.374. The fourth-order valence-corrected chi connectivity index (χ4v) is 2.84. The van der Waals surface area contributed by atoms with Gasteiger partial charge < -0.3 is 5.73 Å². The molecule has 1 unspecified atom stereocenters. The van der Waals surface area contributed by atoms with Gasteiger partial charge in [-0.2, -0.15) is 0 Å². The Bertz CT molecular complexity index is 515. The first-order valence-corrected chi connectivity index (χ1v) is 7.64. The van der Waals surface area contributed by atoms with Crippen molar-refractivity contribution in [3.8, 4) is 0 Å². The summed E-state index contributed by atoms with van der Waals surface area (Å²) in [6.45, 7) is 4.40. The summed E-state index contributed by atoms with van der Waals surface area (Å²) in [6, 6.07) is 19.3. The van der Waals surface area contributed by atoms with Crippen LogP contribution in [0.4, 0.5) is 0 Å². The van der Waals surface area contributed by atoms with E-state index in [9.17, 15) is 0 Å². The normalized spacial score (nSPS) is 13.9. The average Bonchev–Trinajstić information content (AvgIpc) is 2.49. The van der Waals surface area contributed by atoms with Gasteiger partial charge in [0.05, 0.1) is 5.54 Å². The molecular weight excluding hydrogens is 242 g/mol. The van der Waals surface area contributed by atoms with E-state index in [0.717, 1.165) is 19.3 Å². The van der Waals surface area contributed by atoms with Gasteiger partial charge in [0.25, 0.3) is 0 Å². The zero-order valence-electron chi connectivity index (χ0n) is 12.6. The number of aryl methyl sites for hydroxylation is 1.